The van der Waals surface area contributed by atoms with Crippen LogP contribution in [0.15, 0.2) is 36.7 Å². The molecule has 4 heteroatoms. The van der Waals surface area contributed by atoms with E-state index in [0.29, 0.717) is 22.9 Å². The molecule has 3 rings (SSSR count). The first kappa shape index (κ1) is 7.32. The molecule has 68 valence electrons. The lowest BCUT2D eigenvalue weighted by Crippen LogP contribution is -2.09. The molecule has 0 spiro atoms. The second-order valence-corrected chi connectivity index (χ2v) is 2.87. The summed E-state index contributed by atoms with van der Waals surface area (Å²) in [6, 6.07) is 7.16. The standard InChI is InChI=1S/C10H6N2O2/c1-3-7-9(11-5-1)10-8(14-13-7)4-2-6-12-10/h1-6H. The summed E-state index contributed by atoms with van der Waals surface area (Å²) >= 11 is 0. The maximum absolute atomic E-state index is 5.05. The fraction of sp³-hybridized carbons (Fsp3) is 0. The van der Waals surface area contributed by atoms with Gasteiger partial charge in [-0.05, 0) is 24.3 Å². The molecule has 0 unspecified atom stereocenters. The van der Waals surface area contributed by atoms with E-state index < -0.39 is 0 Å². The van der Waals surface area contributed by atoms with Gasteiger partial charge in [0.2, 0.25) is 11.5 Å². The fourth-order valence-corrected chi connectivity index (χ4v) is 1.36. The van der Waals surface area contributed by atoms with Crippen molar-refractivity contribution in [1.29, 1.82) is 0 Å². The van der Waals surface area contributed by atoms with Crippen LogP contribution in [0, 0.1) is 0 Å². The van der Waals surface area contributed by atoms with Crippen LogP contribution in [0.4, 0.5) is 0 Å². The molecule has 0 atom stereocenters. The molecule has 2 aromatic heterocycles. The van der Waals surface area contributed by atoms with Crippen LogP contribution >= 0.6 is 0 Å². The van der Waals surface area contributed by atoms with E-state index in [9.17, 15) is 0 Å². The molecule has 0 aliphatic carbocycles. The number of rotatable bonds is 0. The molecule has 1 aliphatic heterocycles. The Labute approximate surface area is 80.1 Å². The van der Waals surface area contributed by atoms with Gasteiger partial charge < -0.3 is 0 Å². The van der Waals surface area contributed by atoms with E-state index in [-0.39, 0.29) is 0 Å². The van der Waals surface area contributed by atoms with Gasteiger partial charge in [0.15, 0.2) is 0 Å². The van der Waals surface area contributed by atoms with Crippen molar-refractivity contribution in [2.45, 2.75) is 0 Å². The van der Waals surface area contributed by atoms with E-state index in [4.69, 9.17) is 9.78 Å². The van der Waals surface area contributed by atoms with Crippen LogP contribution < -0.4 is 9.78 Å². The molecule has 0 radical (unpaired) electrons. The van der Waals surface area contributed by atoms with Crippen LogP contribution in [0.2, 0.25) is 0 Å². The van der Waals surface area contributed by atoms with Crippen LogP contribution in [0.3, 0.4) is 0 Å². The fourth-order valence-electron chi connectivity index (χ4n) is 1.36. The van der Waals surface area contributed by atoms with Gasteiger partial charge in [0.25, 0.3) is 0 Å². The van der Waals surface area contributed by atoms with Crippen molar-refractivity contribution < 1.29 is 9.78 Å². The molecule has 1 aliphatic rings. The predicted octanol–water partition coefficient (Wildman–Crippen LogP) is 1.83. The number of pyridine rings is 2. The smallest absolute Gasteiger partial charge is 0.206 e. The minimum absolute atomic E-state index is 0.596. The number of aromatic nitrogens is 2. The minimum Gasteiger partial charge on any atom is -0.287 e. The molecule has 0 fully saturated rings. The third kappa shape index (κ3) is 0.939. The lowest BCUT2D eigenvalue weighted by atomic mass is 10.2. The van der Waals surface area contributed by atoms with Crippen molar-refractivity contribution in [3.8, 4) is 22.9 Å². The molecule has 0 saturated carbocycles. The summed E-state index contributed by atoms with van der Waals surface area (Å²) in [4.78, 5) is 18.5. The summed E-state index contributed by atoms with van der Waals surface area (Å²) in [5.41, 5.74) is 1.43. The van der Waals surface area contributed by atoms with Crippen LogP contribution in [0.25, 0.3) is 11.4 Å². The Morgan fingerprint density at radius 2 is 1.29 bits per heavy atom. The average Bonchev–Trinajstić information content (AvgIpc) is 2.29. The summed E-state index contributed by atoms with van der Waals surface area (Å²) in [5, 5.41) is 0. The van der Waals surface area contributed by atoms with E-state index in [2.05, 4.69) is 9.97 Å². The Bertz CT molecular complexity index is 440. The van der Waals surface area contributed by atoms with Crippen molar-refractivity contribution in [2.24, 2.45) is 0 Å². The Hall–Kier alpha value is -2.10. The number of hydrogen-bond acceptors (Lipinski definition) is 4. The highest BCUT2D eigenvalue weighted by molar-refractivity contribution is 5.69. The monoisotopic (exact) mass is 186 g/mol. The van der Waals surface area contributed by atoms with E-state index in [0.717, 1.165) is 0 Å². The minimum atomic E-state index is 0.596. The van der Waals surface area contributed by atoms with E-state index in [1.54, 1.807) is 36.7 Å². The van der Waals surface area contributed by atoms with Gasteiger partial charge in [-0.3, -0.25) is 19.7 Å². The highest BCUT2D eigenvalue weighted by Crippen LogP contribution is 2.36. The highest BCUT2D eigenvalue weighted by atomic mass is 17.2. The summed E-state index contributed by atoms with van der Waals surface area (Å²) in [6.07, 6.45) is 3.40. The van der Waals surface area contributed by atoms with Gasteiger partial charge in [-0.15, -0.1) is 0 Å². The Balaban J connectivity index is 2.29. The van der Waals surface area contributed by atoms with Gasteiger partial charge >= 0.3 is 0 Å². The Morgan fingerprint density at radius 1 is 0.786 bits per heavy atom. The van der Waals surface area contributed by atoms with Crippen molar-refractivity contribution in [3.63, 3.8) is 0 Å². The predicted molar refractivity (Wildman–Crippen MR) is 48.7 cm³/mol. The first-order valence-corrected chi connectivity index (χ1v) is 4.20. The molecule has 0 N–H and O–H groups in total. The van der Waals surface area contributed by atoms with Gasteiger partial charge in [-0.1, -0.05) is 0 Å². The number of nitrogens with zero attached hydrogens (tertiary/aromatic N) is 2. The topological polar surface area (TPSA) is 44.2 Å². The van der Waals surface area contributed by atoms with Crippen molar-refractivity contribution in [1.82, 2.24) is 9.97 Å². The van der Waals surface area contributed by atoms with Crippen molar-refractivity contribution in [2.75, 3.05) is 0 Å². The maximum Gasteiger partial charge on any atom is 0.206 e. The van der Waals surface area contributed by atoms with Gasteiger partial charge in [0, 0.05) is 12.4 Å². The molecule has 4 nitrogen and oxygen atoms in total. The van der Waals surface area contributed by atoms with Gasteiger partial charge in [-0.25, -0.2) is 0 Å². The van der Waals surface area contributed by atoms with Crippen LogP contribution in [0.1, 0.15) is 0 Å². The first-order chi connectivity index (χ1) is 6.95. The zero-order valence-corrected chi connectivity index (χ0v) is 7.18. The molecule has 0 bridgehead atoms. The van der Waals surface area contributed by atoms with E-state index in [1.165, 1.54) is 0 Å². The molecule has 2 aromatic rings. The second kappa shape index (κ2) is 2.70. The van der Waals surface area contributed by atoms with Crippen LogP contribution in [0.5, 0.6) is 11.5 Å². The van der Waals surface area contributed by atoms with Crippen molar-refractivity contribution >= 4 is 0 Å². The highest BCUT2D eigenvalue weighted by Gasteiger charge is 2.20. The molecule has 14 heavy (non-hydrogen) atoms. The largest absolute Gasteiger partial charge is 0.287 e. The summed E-state index contributed by atoms with van der Waals surface area (Å²) < 4.78 is 0. The summed E-state index contributed by atoms with van der Waals surface area (Å²) in [5.74, 6) is 1.19. The van der Waals surface area contributed by atoms with Crippen LogP contribution in [-0.2, 0) is 0 Å². The summed E-state index contributed by atoms with van der Waals surface area (Å²) in [7, 11) is 0. The Morgan fingerprint density at radius 3 is 1.79 bits per heavy atom. The molecule has 0 amide bonds. The molecule has 0 saturated heterocycles. The zero-order valence-electron chi connectivity index (χ0n) is 7.18. The lowest BCUT2D eigenvalue weighted by molar-refractivity contribution is -0.103. The van der Waals surface area contributed by atoms with Crippen LogP contribution in [-0.4, -0.2) is 9.97 Å². The average molecular weight is 186 g/mol. The molecular formula is C10H6N2O2. The van der Waals surface area contributed by atoms with Gasteiger partial charge in [-0.2, -0.15) is 0 Å². The summed E-state index contributed by atoms with van der Waals surface area (Å²) in [6.45, 7) is 0. The second-order valence-electron chi connectivity index (χ2n) is 2.87. The molecular weight excluding hydrogens is 180 g/mol. The van der Waals surface area contributed by atoms with E-state index in [1.807, 2.05) is 0 Å². The number of fused-ring (bicyclic) bond motifs is 3. The SMILES string of the molecule is c1cnc2c(c1)OOc1cccnc1-2. The third-order valence-electron chi connectivity index (χ3n) is 1.99. The Kier molecular flexibility index (Phi) is 1.41. The maximum atomic E-state index is 5.05. The molecule has 3 heterocycles. The van der Waals surface area contributed by atoms with Gasteiger partial charge in [0.05, 0.1) is 0 Å². The normalized spacial score (nSPS) is 12.0. The zero-order chi connectivity index (χ0) is 9.38. The third-order valence-corrected chi connectivity index (χ3v) is 1.99. The van der Waals surface area contributed by atoms with Gasteiger partial charge in [0.1, 0.15) is 11.4 Å². The van der Waals surface area contributed by atoms with E-state index >= 15 is 0 Å². The van der Waals surface area contributed by atoms with Crippen molar-refractivity contribution in [3.05, 3.63) is 36.7 Å². The number of hydrogen-bond donors (Lipinski definition) is 0. The quantitative estimate of drug-likeness (QED) is 0.589. The lowest BCUT2D eigenvalue weighted by Gasteiger charge is -2.16. The first-order valence-electron chi connectivity index (χ1n) is 4.20. The molecule has 0 aromatic carbocycles.